The van der Waals surface area contributed by atoms with Crippen molar-refractivity contribution in [3.05, 3.63) is 0 Å². The van der Waals surface area contributed by atoms with E-state index in [1.54, 1.807) is 4.90 Å². The molecule has 0 aliphatic carbocycles. The van der Waals surface area contributed by atoms with Gasteiger partial charge in [0.1, 0.15) is 0 Å². The van der Waals surface area contributed by atoms with E-state index in [2.05, 4.69) is 5.32 Å². The quantitative estimate of drug-likeness (QED) is 0.687. The fourth-order valence-corrected chi connectivity index (χ4v) is 2.43. The molecular weight excluding hydrogens is 252 g/mol. The van der Waals surface area contributed by atoms with Gasteiger partial charge in [-0.3, -0.25) is 9.59 Å². The average molecular weight is 272 g/mol. The van der Waals surface area contributed by atoms with Crippen molar-refractivity contribution in [2.45, 2.75) is 24.9 Å². The van der Waals surface area contributed by atoms with Gasteiger partial charge in [0, 0.05) is 25.6 Å². The summed E-state index contributed by atoms with van der Waals surface area (Å²) in [6, 6.07) is -0.335. The summed E-state index contributed by atoms with van der Waals surface area (Å²) in [5.74, 6) is -0.940. The van der Waals surface area contributed by atoms with Crippen molar-refractivity contribution in [1.82, 2.24) is 10.2 Å². The Morgan fingerprint density at radius 2 is 2.00 bits per heavy atom. The Bertz CT molecular complexity index is 330. The zero-order chi connectivity index (χ0) is 13.7. The smallest absolute Gasteiger partial charge is 0.305 e. The second kappa shape index (κ2) is 6.83. The highest BCUT2D eigenvalue weighted by Crippen LogP contribution is 2.13. The molecule has 0 aromatic carbocycles. The van der Waals surface area contributed by atoms with E-state index in [1.165, 1.54) is 0 Å². The third-order valence-corrected chi connectivity index (χ3v) is 3.38. The highest BCUT2D eigenvalue weighted by atomic mass is 16.5. The normalized spacial score (nSPS) is 28.1. The first kappa shape index (κ1) is 14.2. The van der Waals surface area contributed by atoms with E-state index in [4.69, 9.17) is 14.6 Å². The van der Waals surface area contributed by atoms with Crippen LogP contribution in [0, 0.1) is 0 Å². The Morgan fingerprint density at radius 3 is 2.68 bits per heavy atom. The molecule has 19 heavy (non-hydrogen) atoms. The Hall–Kier alpha value is -1.18. The van der Waals surface area contributed by atoms with Gasteiger partial charge in [0.05, 0.1) is 38.9 Å². The molecule has 2 heterocycles. The van der Waals surface area contributed by atoms with Crippen molar-refractivity contribution >= 4 is 11.9 Å². The summed E-state index contributed by atoms with van der Waals surface area (Å²) in [7, 11) is 0. The van der Waals surface area contributed by atoms with Crippen molar-refractivity contribution in [2.24, 2.45) is 0 Å². The number of nitrogens with one attached hydrogen (secondary N) is 1. The van der Waals surface area contributed by atoms with Crippen LogP contribution in [-0.2, 0) is 19.1 Å². The predicted octanol–water partition coefficient (Wildman–Crippen LogP) is -0.933. The molecular formula is C12H20N2O5. The topological polar surface area (TPSA) is 88.1 Å². The molecule has 7 nitrogen and oxygen atoms in total. The zero-order valence-corrected chi connectivity index (χ0v) is 10.8. The number of carbonyl (C=O) groups is 2. The molecule has 0 aromatic rings. The summed E-state index contributed by atoms with van der Waals surface area (Å²) >= 11 is 0. The van der Waals surface area contributed by atoms with E-state index >= 15 is 0 Å². The maximum absolute atomic E-state index is 12.2. The van der Waals surface area contributed by atoms with Crippen molar-refractivity contribution in [1.29, 1.82) is 0 Å². The number of morpholine rings is 2. The lowest BCUT2D eigenvalue weighted by molar-refractivity contribution is -0.147. The lowest BCUT2D eigenvalue weighted by Crippen LogP contribution is -2.52. The van der Waals surface area contributed by atoms with E-state index in [9.17, 15) is 9.59 Å². The number of aliphatic carboxylic acids is 1. The molecule has 2 rings (SSSR count). The standard InChI is InChI=1S/C12H20N2O5/c15-11(5-9-7-18-3-1-13-9)14-2-4-19-8-10(14)6-12(16)17/h9-10,13H,1-8H2,(H,16,17). The molecule has 2 unspecified atom stereocenters. The second-order valence-corrected chi connectivity index (χ2v) is 4.84. The molecule has 2 aliphatic rings. The summed E-state index contributed by atoms with van der Waals surface area (Å²) < 4.78 is 10.6. The number of carboxylic acid groups (broad SMARTS) is 1. The first-order valence-corrected chi connectivity index (χ1v) is 6.57. The summed E-state index contributed by atoms with van der Waals surface area (Å²) in [5, 5.41) is 12.1. The first-order chi connectivity index (χ1) is 9.16. The number of hydrogen-bond donors (Lipinski definition) is 2. The van der Waals surface area contributed by atoms with E-state index in [0.717, 1.165) is 6.54 Å². The van der Waals surface area contributed by atoms with Gasteiger partial charge >= 0.3 is 5.97 Å². The third kappa shape index (κ3) is 4.15. The fraction of sp³-hybridized carbons (Fsp3) is 0.833. The van der Waals surface area contributed by atoms with Gasteiger partial charge in [-0.1, -0.05) is 0 Å². The SMILES string of the molecule is O=C(O)CC1COCCN1C(=O)CC1COCCN1. The Balaban J connectivity index is 1.88. The molecule has 7 heteroatoms. The highest BCUT2D eigenvalue weighted by Gasteiger charge is 2.30. The third-order valence-electron chi connectivity index (χ3n) is 3.38. The van der Waals surface area contributed by atoms with Gasteiger partial charge in [-0.15, -0.1) is 0 Å². The van der Waals surface area contributed by atoms with Gasteiger partial charge in [0.15, 0.2) is 0 Å². The molecule has 0 aromatic heterocycles. The largest absolute Gasteiger partial charge is 0.481 e. The van der Waals surface area contributed by atoms with Crippen LogP contribution in [-0.4, -0.2) is 73.5 Å². The molecule has 2 N–H and O–H groups in total. The lowest BCUT2D eigenvalue weighted by atomic mass is 10.1. The predicted molar refractivity (Wildman–Crippen MR) is 65.8 cm³/mol. The van der Waals surface area contributed by atoms with E-state index < -0.39 is 5.97 Å². The fourth-order valence-electron chi connectivity index (χ4n) is 2.43. The van der Waals surface area contributed by atoms with Gasteiger partial charge in [-0.05, 0) is 0 Å². The van der Waals surface area contributed by atoms with Gasteiger partial charge in [0.25, 0.3) is 0 Å². The summed E-state index contributed by atoms with van der Waals surface area (Å²) in [4.78, 5) is 24.7. The second-order valence-electron chi connectivity index (χ2n) is 4.84. The van der Waals surface area contributed by atoms with Crippen LogP contribution in [0.1, 0.15) is 12.8 Å². The van der Waals surface area contributed by atoms with Crippen molar-refractivity contribution in [3.63, 3.8) is 0 Å². The number of carboxylic acids is 1. The molecule has 0 bridgehead atoms. The highest BCUT2D eigenvalue weighted by molar-refractivity contribution is 5.78. The lowest BCUT2D eigenvalue weighted by Gasteiger charge is -2.36. The van der Waals surface area contributed by atoms with Crippen LogP contribution < -0.4 is 5.32 Å². The first-order valence-electron chi connectivity index (χ1n) is 6.57. The minimum absolute atomic E-state index is 0.0228. The maximum atomic E-state index is 12.2. The average Bonchev–Trinajstić information content (AvgIpc) is 2.39. The van der Waals surface area contributed by atoms with Crippen LogP contribution in [0.2, 0.25) is 0 Å². The molecule has 0 saturated carbocycles. The molecule has 2 saturated heterocycles. The van der Waals surface area contributed by atoms with Gasteiger partial charge in [0.2, 0.25) is 5.91 Å². The maximum Gasteiger partial charge on any atom is 0.305 e. The van der Waals surface area contributed by atoms with Gasteiger partial charge < -0.3 is 24.8 Å². The Morgan fingerprint density at radius 1 is 1.21 bits per heavy atom. The number of rotatable bonds is 4. The number of amides is 1. The van der Waals surface area contributed by atoms with Crippen LogP contribution in [0.15, 0.2) is 0 Å². The van der Waals surface area contributed by atoms with Crippen LogP contribution >= 0.6 is 0 Å². The number of ether oxygens (including phenoxy) is 2. The molecule has 108 valence electrons. The Kier molecular flexibility index (Phi) is 5.12. The van der Waals surface area contributed by atoms with E-state index in [1.807, 2.05) is 0 Å². The summed E-state index contributed by atoms with van der Waals surface area (Å²) in [6.07, 6.45) is 0.274. The van der Waals surface area contributed by atoms with Crippen molar-refractivity contribution in [2.75, 3.05) is 39.5 Å². The van der Waals surface area contributed by atoms with E-state index in [0.29, 0.717) is 39.4 Å². The number of carbonyl (C=O) groups excluding carboxylic acids is 1. The monoisotopic (exact) mass is 272 g/mol. The van der Waals surface area contributed by atoms with Crippen LogP contribution in [0.3, 0.4) is 0 Å². The van der Waals surface area contributed by atoms with Crippen molar-refractivity contribution in [3.8, 4) is 0 Å². The minimum Gasteiger partial charge on any atom is -0.481 e. The minimum atomic E-state index is -0.910. The summed E-state index contributed by atoms with van der Waals surface area (Å²) in [6.45, 7) is 3.18. The van der Waals surface area contributed by atoms with Crippen LogP contribution in [0.4, 0.5) is 0 Å². The number of nitrogens with zero attached hydrogens (tertiary/aromatic N) is 1. The van der Waals surface area contributed by atoms with Crippen LogP contribution in [0.25, 0.3) is 0 Å². The molecule has 1 amide bonds. The van der Waals surface area contributed by atoms with Gasteiger partial charge in [-0.25, -0.2) is 0 Å². The Labute approximate surface area is 111 Å². The van der Waals surface area contributed by atoms with Crippen LogP contribution in [0.5, 0.6) is 0 Å². The zero-order valence-electron chi connectivity index (χ0n) is 10.8. The van der Waals surface area contributed by atoms with Crippen molar-refractivity contribution < 1.29 is 24.2 Å². The van der Waals surface area contributed by atoms with E-state index in [-0.39, 0.29) is 24.4 Å². The molecule has 0 radical (unpaired) electrons. The van der Waals surface area contributed by atoms with Gasteiger partial charge in [-0.2, -0.15) is 0 Å². The molecule has 2 atom stereocenters. The number of hydrogen-bond acceptors (Lipinski definition) is 5. The molecule has 0 spiro atoms. The molecule has 2 aliphatic heterocycles. The summed E-state index contributed by atoms with van der Waals surface area (Å²) in [5.41, 5.74) is 0. The molecule has 2 fully saturated rings.